The van der Waals surface area contributed by atoms with Crippen LogP contribution in [0.1, 0.15) is 47.1 Å². The van der Waals surface area contributed by atoms with Crippen LogP contribution in [0.4, 0.5) is 28.4 Å². The van der Waals surface area contributed by atoms with Crippen molar-refractivity contribution in [1.29, 1.82) is 0 Å². The van der Waals surface area contributed by atoms with E-state index in [1.165, 1.54) is 41.5 Å². The quantitative estimate of drug-likeness (QED) is 0.658. The smallest absolute Gasteiger partial charge is 0.424 e. The number of anilines is 1. The number of carbonyl (C=O) groups is 2. The number of benzene rings is 1. The van der Waals surface area contributed by atoms with Gasteiger partial charge in [-0.2, -0.15) is 18.1 Å². The van der Waals surface area contributed by atoms with Crippen molar-refractivity contribution in [2.45, 2.75) is 63.8 Å². The Bertz CT molecular complexity index is 868. The number of imide groups is 1. The van der Waals surface area contributed by atoms with Crippen molar-refractivity contribution in [1.82, 2.24) is 0 Å². The lowest BCUT2D eigenvalue weighted by molar-refractivity contribution is -0.137. The first-order chi connectivity index (χ1) is 12.7. The van der Waals surface area contributed by atoms with Crippen molar-refractivity contribution in [3.05, 3.63) is 23.8 Å². The van der Waals surface area contributed by atoms with Crippen LogP contribution >= 0.6 is 0 Å². The first kappa shape index (κ1) is 24.7. The highest BCUT2D eigenvalue weighted by molar-refractivity contribution is 7.90. The Morgan fingerprint density at radius 1 is 0.897 bits per heavy atom. The van der Waals surface area contributed by atoms with Crippen LogP contribution in [-0.4, -0.2) is 38.1 Å². The summed E-state index contributed by atoms with van der Waals surface area (Å²) < 4.78 is 74.4. The number of hydrogen-bond acceptors (Lipinski definition) is 6. The molecule has 0 atom stereocenters. The molecule has 0 spiro atoms. The number of nitrogens with zero attached hydrogens (tertiary/aromatic N) is 1. The molecular formula is C18H24F3NO6S. The fourth-order valence-corrected chi connectivity index (χ4v) is 2.70. The molecule has 0 bridgehead atoms. The van der Waals surface area contributed by atoms with Crippen LogP contribution in [0.3, 0.4) is 0 Å². The van der Waals surface area contributed by atoms with Crippen LogP contribution in [-0.2, 0) is 25.5 Å². The molecule has 0 fully saturated rings. The maximum atomic E-state index is 13.7. The third-order valence-electron chi connectivity index (χ3n) is 3.09. The Labute approximate surface area is 167 Å². The highest BCUT2D eigenvalue weighted by Crippen LogP contribution is 2.39. The highest BCUT2D eigenvalue weighted by atomic mass is 32.2. The molecule has 0 unspecified atom stereocenters. The van der Waals surface area contributed by atoms with E-state index >= 15 is 0 Å². The molecule has 0 aliphatic heterocycles. The number of hydrogen-bond donors (Lipinski definition) is 0. The number of carbonyl (C=O) groups excluding carboxylic acids is 2. The van der Waals surface area contributed by atoms with Gasteiger partial charge in [-0.3, -0.25) is 0 Å². The van der Waals surface area contributed by atoms with Gasteiger partial charge in [-0.15, -0.1) is 0 Å². The topological polar surface area (TPSA) is 90.0 Å². The lowest BCUT2D eigenvalue weighted by atomic mass is 10.1. The summed E-state index contributed by atoms with van der Waals surface area (Å²) in [6.07, 6.45) is -7.13. The fourth-order valence-electron chi connectivity index (χ4n) is 2.05. The minimum atomic E-state index is -5.07. The Morgan fingerprint density at radius 3 is 1.62 bits per heavy atom. The number of sulfone groups is 1. The average Bonchev–Trinajstić information content (AvgIpc) is 2.41. The molecule has 0 N–H and O–H groups in total. The Hall–Kier alpha value is -2.30. The molecule has 29 heavy (non-hydrogen) atoms. The molecule has 1 rings (SSSR count). The lowest BCUT2D eigenvalue weighted by Gasteiger charge is -2.30. The lowest BCUT2D eigenvalue weighted by Crippen LogP contribution is -2.44. The molecule has 164 valence electrons. The molecule has 11 heteroatoms. The highest BCUT2D eigenvalue weighted by Gasteiger charge is 2.41. The summed E-state index contributed by atoms with van der Waals surface area (Å²) in [5.74, 6) is 0. The van der Waals surface area contributed by atoms with Crippen LogP contribution in [0.15, 0.2) is 23.1 Å². The number of halogens is 3. The van der Waals surface area contributed by atoms with Gasteiger partial charge in [-0.25, -0.2) is 18.0 Å². The second-order valence-electron chi connectivity index (χ2n) is 8.24. The molecule has 0 radical (unpaired) electrons. The van der Waals surface area contributed by atoms with Gasteiger partial charge in [0.25, 0.3) is 0 Å². The molecule has 1 aromatic rings. The van der Waals surface area contributed by atoms with Gasteiger partial charge in [0.2, 0.25) is 0 Å². The van der Waals surface area contributed by atoms with E-state index in [4.69, 9.17) is 9.47 Å². The molecule has 0 saturated heterocycles. The van der Waals surface area contributed by atoms with E-state index in [2.05, 4.69) is 0 Å². The second-order valence-corrected chi connectivity index (χ2v) is 10.3. The predicted molar refractivity (Wildman–Crippen MR) is 99.5 cm³/mol. The van der Waals surface area contributed by atoms with Gasteiger partial charge in [0.05, 0.1) is 16.1 Å². The standard InChI is InChI=1S/C18H24F3NO6S/c1-16(2,3)27-14(23)22(15(24)28-17(4,5)6)13-9-8-11(29(7,25)26)10-12(13)18(19,20)21/h8-10H,1-7H3. The van der Waals surface area contributed by atoms with Crippen molar-refractivity contribution < 1.29 is 40.7 Å². The molecule has 0 heterocycles. The summed E-state index contributed by atoms with van der Waals surface area (Å²) in [5.41, 5.74) is -4.66. The average molecular weight is 439 g/mol. The van der Waals surface area contributed by atoms with Gasteiger partial charge in [0, 0.05) is 6.26 Å². The molecule has 1 aromatic carbocycles. The van der Waals surface area contributed by atoms with Gasteiger partial charge < -0.3 is 9.47 Å². The third kappa shape index (κ3) is 7.22. The summed E-state index contributed by atoms with van der Waals surface area (Å²) in [4.78, 5) is 24.6. The molecule has 7 nitrogen and oxygen atoms in total. The van der Waals surface area contributed by atoms with E-state index < -0.39 is 55.5 Å². The molecule has 0 aliphatic rings. The number of amides is 2. The van der Waals surface area contributed by atoms with E-state index in [1.807, 2.05) is 0 Å². The molecule has 0 aliphatic carbocycles. The van der Waals surface area contributed by atoms with E-state index in [0.29, 0.717) is 12.1 Å². The van der Waals surface area contributed by atoms with Crippen LogP contribution in [0.5, 0.6) is 0 Å². The first-order valence-electron chi connectivity index (χ1n) is 8.40. The van der Waals surface area contributed by atoms with Crippen LogP contribution in [0.25, 0.3) is 0 Å². The van der Waals surface area contributed by atoms with E-state index in [-0.39, 0.29) is 4.90 Å². The molecule has 0 aromatic heterocycles. The zero-order chi connectivity index (χ0) is 23.0. The third-order valence-corrected chi connectivity index (χ3v) is 4.20. The largest absolute Gasteiger partial charge is 0.443 e. The summed E-state index contributed by atoms with van der Waals surface area (Å²) in [7, 11) is -3.98. The fraction of sp³-hybridized carbons (Fsp3) is 0.556. The van der Waals surface area contributed by atoms with Crippen LogP contribution < -0.4 is 4.90 Å². The van der Waals surface area contributed by atoms with Gasteiger partial charge >= 0.3 is 18.4 Å². The molecule has 0 saturated carbocycles. The second kappa shape index (κ2) is 7.85. The monoisotopic (exact) mass is 439 g/mol. The number of ether oxygens (including phenoxy) is 2. The Balaban J connectivity index is 3.71. The Morgan fingerprint density at radius 2 is 1.31 bits per heavy atom. The first-order valence-corrected chi connectivity index (χ1v) is 10.3. The van der Waals surface area contributed by atoms with Crippen molar-refractivity contribution in [3.63, 3.8) is 0 Å². The maximum absolute atomic E-state index is 13.7. The van der Waals surface area contributed by atoms with Crippen molar-refractivity contribution in [2.24, 2.45) is 0 Å². The van der Waals surface area contributed by atoms with Gasteiger partial charge in [0.1, 0.15) is 11.2 Å². The minimum Gasteiger partial charge on any atom is -0.443 e. The summed E-state index contributed by atoms with van der Waals surface area (Å²) >= 11 is 0. The normalized spacial score (nSPS) is 13.0. The molecule has 2 amide bonds. The van der Waals surface area contributed by atoms with Crippen LogP contribution in [0.2, 0.25) is 0 Å². The maximum Gasteiger partial charge on any atom is 0.424 e. The van der Waals surface area contributed by atoms with Crippen molar-refractivity contribution in [2.75, 3.05) is 11.2 Å². The molecular weight excluding hydrogens is 415 g/mol. The number of alkyl halides is 3. The number of rotatable bonds is 2. The summed E-state index contributed by atoms with van der Waals surface area (Å²) in [5, 5.41) is 0. The predicted octanol–water partition coefficient (Wildman–Crippen LogP) is 4.79. The van der Waals surface area contributed by atoms with Crippen molar-refractivity contribution in [3.8, 4) is 0 Å². The van der Waals surface area contributed by atoms with Gasteiger partial charge in [-0.1, -0.05) is 0 Å². The summed E-state index contributed by atoms with van der Waals surface area (Å²) in [6.45, 7) is 8.81. The minimum absolute atomic E-state index is 0.103. The van der Waals surface area contributed by atoms with E-state index in [0.717, 1.165) is 12.3 Å². The zero-order valence-electron chi connectivity index (χ0n) is 17.2. The van der Waals surface area contributed by atoms with Crippen molar-refractivity contribution >= 4 is 27.7 Å². The van der Waals surface area contributed by atoms with Gasteiger partial charge in [0.15, 0.2) is 9.84 Å². The SMILES string of the molecule is CC(C)(C)OC(=O)N(C(=O)OC(C)(C)C)c1ccc(S(C)(=O)=O)cc1C(F)(F)F. The van der Waals surface area contributed by atoms with E-state index in [1.54, 1.807) is 0 Å². The van der Waals surface area contributed by atoms with E-state index in [9.17, 15) is 31.2 Å². The van der Waals surface area contributed by atoms with Gasteiger partial charge in [-0.05, 0) is 59.7 Å². The zero-order valence-corrected chi connectivity index (χ0v) is 18.0. The summed E-state index contributed by atoms with van der Waals surface area (Å²) in [6, 6.07) is 1.93. The Kier molecular flexibility index (Phi) is 6.69. The van der Waals surface area contributed by atoms with Crippen LogP contribution in [0, 0.1) is 0 Å².